The predicted octanol–water partition coefficient (Wildman–Crippen LogP) is 3.12. The number of hydrogen-bond donors (Lipinski definition) is 1. The maximum Gasteiger partial charge on any atom is 0.222 e. The monoisotopic (exact) mass is 288 g/mol. The zero-order valence-electron chi connectivity index (χ0n) is 12.2. The summed E-state index contributed by atoms with van der Waals surface area (Å²) in [4.78, 5) is 14.5. The molecule has 2 fully saturated rings. The van der Waals surface area contributed by atoms with Crippen LogP contribution >= 0.6 is 12.4 Å². The van der Waals surface area contributed by atoms with Gasteiger partial charge in [0.15, 0.2) is 0 Å². The SMILES string of the molecule is CCN(C(=O)CCC1CCCN1)C1CCCCC1.Cl. The van der Waals surface area contributed by atoms with Gasteiger partial charge in [0, 0.05) is 25.0 Å². The number of halogens is 1. The summed E-state index contributed by atoms with van der Waals surface area (Å²) in [7, 11) is 0. The summed E-state index contributed by atoms with van der Waals surface area (Å²) in [6, 6.07) is 1.13. The Morgan fingerprint density at radius 1 is 1.16 bits per heavy atom. The summed E-state index contributed by atoms with van der Waals surface area (Å²) in [5, 5.41) is 3.48. The summed E-state index contributed by atoms with van der Waals surface area (Å²) < 4.78 is 0. The topological polar surface area (TPSA) is 32.3 Å². The van der Waals surface area contributed by atoms with E-state index in [4.69, 9.17) is 0 Å². The van der Waals surface area contributed by atoms with Crippen molar-refractivity contribution < 1.29 is 4.79 Å². The van der Waals surface area contributed by atoms with E-state index < -0.39 is 0 Å². The molecule has 1 N–H and O–H groups in total. The first-order chi connectivity index (χ1) is 8.81. The lowest BCUT2D eigenvalue weighted by Crippen LogP contribution is -2.41. The third kappa shape index (κ3) is 4.96. The molecule has 0 aromatic carbocycles. The number of nitrogens with zero attached hydrogens (tertiary/aromatic N) is 1. The minimum atomic E-state index is 0. The third-order valence-electron chi connectivity index (χ3n) is 4.55. The van der Waals surface area contributed by atoms with Gasteiger partial charge in [-0.25, -0.2) is 0 Å². The normalized spacial score (nSPS) is 23.9. The Bertz CT molecular complexity index is 261. The first-order valence-corrected chi connectivity index (χ1v) is 7.84. The van der Waals surface area contributed by atoms with Gasteiger partial charge in [0.25, 0.3) is 0 Å². The quantitative estimate of drug-likeness (QED) is 0.843. The largest absolute Gasteiger partial charge is 0.340 e. The van der Waals surface area contributed by atoms with Crippen molar-refractivity contribution in [1.82, 2.24) is 10.2 Å². The van der Waals surface area contributed by atoms with Crippen LogP contribution < -0.4 is 5.32 Å². The Hall–Kier alpha value is -0.280. The average Bonchev–Trinajstić information content (AvgIpc) is 2.92. The van der Waals surface area contributed by atoms with Gasteiger partial charge in [0.2, 0.25) is 5.91 Å². The molecule has 1 saturated carbocycles. The number of rotatable bonds is 5. The number of hydrogen-bond acceptors (Lipinski definition) is 2. The van der Waals surface area contributed by atoms with Crippen LogP contribution in [0.2, 0.25) is 0 Å². The van der Waals surface area contributed by atoms with E-state index in [-0.39, 0.29) is 12.4 Å². The third-order valence-corrected chi connectivity index (χ3v) is 4.55. The molecule has 2 aliphatic rings. The number of carbonyl (C=O) groups excluding carboxylic acids is 1. The van der Waals surface area contributed by atoms with E-state index >= 15 is 0 Å². The van der Waals surface area contributed by atoms with Gasteiger partial charge in [-0.05, 0) is 45.6 Å². The lowest BCUT2D eigenvalue weighted by molar-refractivity contribution is -0.134. The van der Waals surface area contributed by atoms with Crippen molar-refractivity contribution in [3.63, 3.8) is 0 Å². The molecule has 1 unspecified atom stereocenters. The van der Waals surface area contributed by atoms with Crippen LogP contribution in [0.25, 0.3) is 0 Å². The zero-order chi connectivity index (χ0) is 12.8. The van der Waals surface area contributed by atoms with Crippen molar-refractivity contribution in [3.05, 3.63) is 0 Å². The van der Waals surface area contributed by atoms with Crippen molar-refractivity contribution in [2.75, 3.05) is 13.1 Å². The molecule has 1 aliphatic heterocycles. The van der Waals surface area contributed by atoms with Crippen LogP contribution in [-0.4, -0.2) is 36.0 Å². The Kier molecular flexibility index (Phi) is 7.77. The van der Waals surface area contributed by atoms with E-state index in [0.29, 0.717) is 18.0 Å². The van der Waals surface area contributed by atoms with Crippen molar-refractivity contribution in [1.29, 1.82) is 0 Å². The van der Waals surface area contributed by atoms with E-state index in [9.17, 15) is 4.79 Å². The van der Waals surface area contributed by atoms with E-state index in [1.165, 1.54) is 44.9 Å². The number of amides is 1. The second-order valence-electron chi connectivity index (χ2n) is 5.80. The highest BCUT2D eigenvalue weighted by atomic mass is 35.5. The molecular formula is C15H29ClN2O. The van der Waals surface area contributed by atoms with Crippen LogP contribution in [-0.2, 0) is 4.79 Å². The summed E-state index contributed by atoms with van der Waals surface area (Å²) in [5.41, 5.74) is 0. The zero-order valence-corrected chi connectivity index (χ0v) is 13.0. The van der Waals surface area contributed by atoms with Crippen LogP contribution in [0, 0.1) is 0 Å². The Morgan fingerprint density at radius 2 is 1.89 bits per heavy atom. The van der Waals surface area contributed by atoms with E-state index in [0.717, 1.165) is 25.9 Å². The van der Waals surface area contributed by atoms with Gasteiger partial charge in [-0.2, -0.15) is 0 Å². The van der Waals surface area contributed by atoms with E-state index in [1.807, 2.05) is 0 Å². The van der Waals surface area contributed by atoms with Crippen molar-refractivity contribution in [2.24, 2.45) is 0 Å². The lowest BCUT2D eigenvalue weighted by Gasteiger charge is -2.34. The summed E-state index contributed by atoms with van der Waals surface area (Å²) in [6.45, 7) is 4.15. The number of carbonyl (C=O) groups is 1. The fraction of sp³-hybridized carbons (Fsp3) is 0.933. The minimum absolute atomic E-state index is 0. The number of nitrogens with one attached hydrogen (secondary N) is 1. The van der Waals surface area contributed by atoms with Crippen LogP contribution in [0.3, 0.4) is 0 Å². The van der Waals surface area contributed by atoms with E-state index in [1.54, 1.807) is 0 Å². The Morgan fingerprint density at radius 3 is 2.47 bits per heavy atom. The van der Waals surface area contributed by atoms with Gasteiger partial charge < -0.3 is 10.2 Å². The van der Waals surface area contributed by atoms with Gasteiger partial charge in [-0.1, -0.05) is 19.3 Å². The molecule has 0 radical (unpaired) electrons. The first kappa shape index (κ1) is 16.8. The predicted molar refractivity (Wildman–Crippen MR) is 81.8 cm³/mol. The van der Waals surface area contributed by atoms with Crippen LogP contribution in [0.4, 0.5) is 0 Å². The summed E-state index contributed by atoms with van der Waals surface area (Å²) in [6.07, 6.45) is 10.7. The standard InChI is InChI=1S/C15H28N2O.ClH/c1-2-17(14-8-4-3-5-9-14)15(18)11-10-13-7-6-12-16-13;/h13-14,16H,2-12H2,1H3;1H. The van der Waals surface area contributed by atoms with Gasteiger partial charge in [0.1, 0.15) is 0 Å². The lowest BCUT2D eigenvalue weighted by atomic mass is 9.94. The maximum atomic E-state index is 12.3. The fourth-order valence-electron chi connectivity index (χ4n) is 3.48. The molecule has 0 spiro atoms. The molecule has 0 aromatic rings. The van der Waals surface area contributed by atoms with Crippen LogP contribution in [0.15, 0.2) is 0 Å². The van der Waals surface area contributed by atoms with Crippen molar-refractivity contribution in [3.8, 4) is 0 Å². The van der Waals surface area contributed by atoms with Gasteiger partial charge in [-0.15, -0.1) is 12.4 Å². The summed E-state index contributed by atoms with van der Waals surface area (Å²) >= 11 is 0. The highest BCUT2D eigenvalue weighted by Gasteiger charge is 2.24. The highest BCUT2D eigenvalue weighted by Crippen LogP contribution is 2.23. The second-order valence-corrected chi connectivity index (χ2v) is 5.80. The first-order valence-electron chi connectivity index (χ1n) is 7.84. The van der Waals surface area contributed by atoms with Gasteiger partial charge in [-0.3, -0.25) is 4.79 Å². The van der Waals surface area contributed by atoms with Crippen LogP contribution in [0.5, 0.6) is 0 Å². The molecule has 1 aliphatic carbocycles. The average molecular weight is 289 g/mol. The Labute approximate surface area is 123 Å². The maximum absolute atomic E-state index is 12.3. The molecule has 1 heterocycles. The van der Waals surface area contributed by atoms with Crippen molar-refractivity contribution >= 4 is 18.3 Å². The fourth-order valence-corrected chi connectivity index (χ4v) is 3.48. The van der Waals surface area contributed by atoms with Gasteiger partial charge in [0.05, 0.1) is 0 Å². The van der Waals surface area contributed by atoms with Crippen molar-refractivity contribution in [2.45, 2.75) is 76.8 Å². The molecule has 1 amide bonds. The van der Waals surface area contributed by atoms with Gasteiger partial charge >= 0.3 is 0 Å². The summed E-state index contributed by atoms with van der Waals surface area (Å²) in [5.74, 6) is 0.387. The molecule has 0 bridgehead atoms. The van der Waals surface area contributed by atoms with E-state index in [2.05, 4.69) is 17.1 Å². The molecule has 4 heteroatoms. The molecule has 19 heavy (non-hydrogen) atoms. The molecular weight excluding hydrogens is 260 g/mol. The van der Waals surface area contributed by atoms with Crippen LogP contribution in [0.1, 0.15) is 64.7 Å². The molecule has 112 valence electrons. The molecule has 1 saturated heterocycles. The smallest absolute Gasteiger partial charge is 0.222 e. The molecule has 1 atom stereocenters. The molecule has 2 rings (SSSR count). The molecule has 3 nitrogen and oxygen atoms in total. The molecule has 0 aromatic heterocycles. The minimum Gasteiger partial charge on any atom is -0.340 e. The highest BCUT2D eigenvalue weighted by molar-refractivity contribution is 5.85. The Balaban J connectivity index is 0.00000180. The second kappa shape index (κ2) is 8.80.